The third-order valence-electron chi connectivity index (χ3n) is 4.74. The van der Waals surface area contributed by atoms with Gasteiger partial charge in [0.25, 0.3) is 0 Å². The minimum Gasteiger partial charge on any atom is -0.481 e. The second kappa shape index (κ2) is 7.69. The van der Waals surface area contributed by atoms with Gasteiger partial charge in [-0.1, -0.05) is 25.1 Å². The predicted molar refractivity (Wildman–Crippen MR) is 94.8 cm³/mol. The number of fused-ring (bicyclic) bond motifs is 1. The van der Waals surface area contributed by atoms with Gasteiger partial charge >= 0.3 is 12.3 Å². The molecule has 0 spiro atoms. The molecule has 1 aliphatic heterocycles. The van der Waals surface area contributed by atoms with Gasteiger partial charge < -0.3 is 14.7 Å². The number of halogens is 4. The van der Waals surface area contributed by atoms with E-state index in [2.05, 4.69) is 4.74 Å². The van der Waals surface area contributed by atoms with E-state index in [-0.39, 0.29) is 5.69 Å². The summed E-state index contributed by atoms with van der Waals surface area (Å²) >= 11 is 0. The van der Waals surface area contributed by atoms with E-state index in [0.717, 1.165) is 34.9 Å². The van der Waals surface area contributed by atoms with Crippen molar-refractivity contribution in [1.82, 2.24) is 0 Å². The Morgan fingerprint density at radius 3 is 2.64 bits per heavy atom. The lowest BCUT2D eigenvalue weighted by Crippen LogP contribution is -2.31. The number of hydrogen-bond donors (Lipinski definition) is 1. The summed E-state index contributed by atoms with van der Waals surface area (Å²) in [4.78, 5) is 12.7. The Kier molecular flexibility index (Phi) is 5.49. The Balaban J connectivity index is 1.78. The van der Waals surface area contributed by atoms with Gasteiger partial charge in [0, 0.05) is 19.2 Å². The van der Waals surface area contributed by atoms with Crippen LogP contribution in [0.15, 0.2) is 36.4 Å². The molecule has 0 saturated heterocycles. The molecule has 1 N–H and O–H groups in total. The molecule has 0 fully saturated rings. The van der Waals surface area contributed by atoms with E-state index >= 15 is 0 Å². The molecule has 0 amide bonds. The molecule has 0 radical (unpaired) electrons. The van der Waals surface area contributed by atoms with E-state index in [1.165, 1.54) is 0 Å². The maximum atomic E-state index is 14.2. The van der Waals surface area contributed by atoms with Crippen LogP contribution < -0.4 is 9.64 Å². The highest BCUT2D eigenvalue weighted by molar-refractivity contribution is 5.70. The monoisotopic (exact) mass is 397 g/mol. The first-order valence-electron chi connectivity index (χ1n) is 8.76. The van der Waals surface area contributed by atoms with Crippen LogP contribution in [-0.2, 0) is 24.2 Å². The Hall–Kier alpha value is -2.77. The fourth-order valence-corrected chi connectivity index (χ4v) is 3.31. The second-order valence-corrected chi connectivity index (χ2v) is 6.88. The number of rotatable bonds is 5. The van der Waals surface area contributed by atoms with Gasteiger partial charge in [-0.05, 0) is 41.7 Å². The maximum Gasteiger partial charge on any atom is 0.573 e. The largest absolute Gasteiger partial charge is 0.573 e. The van der Waals surface area contributed by atoms with Gasteiger partial charge in [0.2, 0.25) is 0 Å². The van der Waals surface area contributed by atoms with Gasteiger partial charge in [0.05, 0.1) is 11.6 Å². The summed E-state index contributed by atoms with van der Waals surface area (Å²) in [7, 11) is 0. The standard InChI is InChI=1S/C20H19F4NO3/c1-12(19(26)27)8-13-2-3-15-11-25(7-6-14(15)9-13)18-10-16(4-5-17(18)21)28-20(22,23)24/h2-5,9-10,12H,6-8,11H2,1H3,(H,26,27). The summed E-state index contributed by atoms with van der Waals surface area (Å²) in [5, 5.41) is 9.04. The number of aliphatic carboxylic acids is 1. The Morgan fingerprint density at radius 1 is 1.21 bits per heavy atom. The highest BCUT2D eigenvalue weighted by Gasteiger charge is 2.31. The van der Waals surface area contributed by atoms with Crippen LogP contribution in [0.2, 0.25) is 0 Å². The van der Waals surface area contributed by atoms with Crippen LogP contribution in [0.1, 0.15) is 23.6 Å². The molecule has 2 aromatic carbocycles. The number of hydrogen-bond acceptors (Lipinski definition) is 3. The molecule has 28 heavy (non-hydrogen) atoms. The third kappa shape index (κ3) is 4.74. The minimum absolute atomic E-state index is 0.0518. The molecule has 0 bridgehead atoms. The van der Waals surface area contributed by atoms with Gasteiger partial charge in [-0.25, -0.2) is 4.39 Å². The fourth-order valence-electron chi connectivity index (χ4n) is 3.31. The van der Waals surface area contributed by atoms with E-state index in [9.17, 15) is 22.4 Å². The number of carboxylic acid groups (broad SMARTS) is 1. The van der Waals surface area contributed by atoms with E-state index in [0.29, 0.717) is 25.9 Å². The molecule has 150 valence electrons. The summed E-state index contributed by atoms with van der Waals surface area (Å²) in [6.45, 7) is 2.41. The van der Waals surface area contributed by atoms with Crippen molar-refractivity contribution in [2.45, 2.75) is 32.7 Å². The predicted octanol–water partition coefficient (Wildman–Crippen LogP) is 4.55. The smallest absolute Gasteiger partial charge is 0.481 e. The van der Waals surface area contributed by atoms with Crippen molar-refractivity contribution < 1.29 is 32.2 Å². The van der Waals surface area contributed by atoms with Crippen molar-refractivity contribution in [2.75, 3.05) is 11.4 Å². The van der Waals surface area contributed by atoms with Gasteiger partial charge in [0.15, 0.2) is 0 Å². The maximum absolute atomic E-state index is 14.2. The zero-order valence-electron chi connectivity index (χ0n) is 15.1. The molecule has 1 unspecified atom stereocenters. The lowest BCUT2D eigenvalue weighted by atomic mass is 9.93. The van der Waals surface area contributed by atoms with Crippen molar-refractivity contribution in [3.63, 3.8) is 0 Å². The number of nitrogens with zero attached hydrogens (tertiary/aromatic N) is 1. The lowest BCUT2D eigenvalue weighted by molar-refractivity contribution is -0.274. The second-order valence-electron chi connectivity index (χ2n) is 6.88. The van der Waals surface area contributed by atoms with Crippen LogP contribution in [0.3, 0.4) is 0 Å². The number of anilines is 1. The Labute approximate surface area is 159 Å². The average Bonchev–Trinajstić information content (AvgIpc) is 2.61. The molecule has 4 nitrogen and oxygen atoms in total. The molecule has 1 atom stereocenters. The molecule has 0 saturated carbocycles. The topological polar surface area (TPSA) is 49.8 Å². The van der Waals surface area contributed by atoms with Gasteiger partial charge in [-0.3, -0.25) is 4.79 Å². The first-order chi connectivity index (χ1) is 13.1. The number of carboxylic acids is 1. The van der Waals surface area contributed by atoms with Crippen molar-refractivity contribution >= 4 is 11.7 Å². The molecule has 8 heteroatoms. The molecule has 0 aliphatic carbocycles. The Bertz CT molecular complexity index is 882. The van der Waals surface area contributed by atoms with Crippen LogP contribution in [0.4, 0.5) is 23.2 Å². The summed E-state index contributed by atoms with van der Waals surface area (Å²) in [6, 6.07) is 8.60. The normalized spacial score (nSPS) is 15.1. The molecular formula is C20H19F4NO3. The van der Waals surface area contributed by atoms with Crippen LogP contribution in [0.25, 0.3) is 0 Å². The quantitative estimate of drug-likeness (QED) is 0.752. The molecule has 1 heterocycles. The van der Waals surface area contributed by atoms with Crippen LogP contribution in [-0.4, -0.2) is 24.0 Å². The number of benzene rings is 2. The van der Waals surface area contributed by atoms with Crippen LogP contribution in [0.5, 0.6) is 5.75 Å². The van der Waals surface area contributed by atoms with Crippen molar-refractivity contribution in [1.29, 1.82) is 0 Å². The van der Waals surface area contributed by atoms with Crippen LogP contribution >= 0.6 is 0 Å². The Morgan fingerprint density at radius 2 is 1.96 bits per heavy atom. The number of alkyl halides is 3. The van der Waals surface area contributed by atoms with Crippen LogP contribution in [0, 0.1) is 11.7 Å². The molecule has 1 aliphatic rings. The van der Waals surface area contributed by atoms with E-state index in [1.807, 2.05) is 18.2 Å². The fraction of sp³-hybridized carbons (Fsp3) is 0.350. The van der Waals surface area contributed by atoms with Gasteiger partial charge in [-0.15, -0.1) is 13.2 Å². The SMILES string of the molecule is CC(Cc1ccc2c(c1)CCN(c1cc(OC(F)(F)F)ccc1F)C2)C(=O)O. The van der Waals surface area contributed by atoms with E-state index < -0.39 is 29.8 Å². The molecule has 3 rings (SSSR count). The minimum atomic E-state index is -4.84. The lowest BCUT2D eigenvalue weighted by Gasteiger charge is -2.31. The first kappa shape index (κ1) is 20.0. The van der Waals surface area contributed by atoms with E-state index in [1.54, 1.807) is 11.8 Å². The third-order valence-corrected chi connectivity index (χ3v) is 4.74. The average molecular weight is 397 g/mol. The first-order valence-corrected chi connectivity index (χ1v) is 8.76. The zero-order chi connectivity index (χ0) is 20.5. The summed E-state index contributed by atoms with van der Waals surface area (Å²) in [5.74, 6) is -2.44. The van der Waals surface area contributed by atoms with Crippen molar-refractivity contribution in [2.24, 2.45) is 5.92 Å². The van der Waals surface area contributed by atoms with Gasteiger partial charge in [-0.2, -0.15) is 0 Å². The highest BCUT2D eigenvalue weighted by atomic mass is 19.4. The molecular weight excluding hydrogens is 378 g/mol. The molecule has 2 aromatic rings. The van der Waals surface area contributed by atoms with E-state index in [4.69, 9.17) is 5.11 Å². The van der Waals surface area contributed by atoms with Crippen molar-refractivity contribution in [3.05, 3.63) is 58.9 Å². The molecule has 0 aromatic heterocycles. The number of ether oxygens (including phenoxy) is 1. The summed E-state index contributed by atoms with van der Waals surface area (Å²) < 4.78 is 55.4. The van der Waals surface area contributed by atoms with Crippen molar-refractivity contribution in [3.8, 4) is 5.75 Å². The number of carbonyl (C=O) groups is 1. The summed E-state index contributed by atoms with van der Waals surface area (Å²) in [6.07, 6.45) is -3.85. The highest BCUT2D eigenvalue weighted by Crippen LogP contribution is 2.32. The summed E-state index contributed by atoms with van der Waals surface area (Å²) in [5.41, 5.74) is 2.93. The van der Waals surface area contributed by atoms with Gasteiger partial charge in [0.1, 0.15) is 11.6 Å². The zero-order valence-corrected chi connectivity index (χ0v) is 15.1.